The molecule has 0 unspecified atom stereocenters. The van der Waals surface area contributed by atoms with Gasteiger partial charge in [-0.3, -0.25) is 14.7 Å². The van der Waals surface area contributed by atoms with E-state index in [1.54, 1.807) is 0 Å². The molecule has 2 N–H and O–H groups in total. The zero-order chi connectivity index (χ0) is 16.7. The number of likely N-dealkylation sites (tertiary alicyclic amines) is 1. The number of carboxylic acid groups (broad SMARTS) is 1. The van der Waals surface area contributed by atoms with Gasteiger partial charge in [0.05, 0.1) is 11.1 Å². The highest BCUT2D eigenvalue weighted by Crippen LogP contribution is 2.26. The van der Waals surface area contributed by atoms with Gasteiger partial charge >= 0.3 is 5.97 Å². The zero-order valence-electron chi connectivity index (χ0n) is 14.3. The van der Waals surface area contributed by atoms with E-state index < -0.39 is 11.4 Å². The smallest absolute Gasteiger partial charge is 0.310 e. The SMILES string of the molecule is CCC(CC)(CNC1CCN(Cc2ccccn2)CC1)C(=O)O. The van der Waals surface area contributed by atoms with Gasteiger partial charge in [0, 0.05) is 38.4 Å². The van der Waals surface area contributed by atoms with Crippen LogP contribution in [0.1, 0.15) is 45.2 Å². The molecule has 23 heavy (non-hydrogen) atoms. The Morgan fingerprint density at radius 1 is 1.35 bits per heavy atom. The largest absolute Gasteiger partial charge is 0.481 e. The first-order chi connectivity index (χ1) is 11.1. The summed E-state index contributed by atoms with van der Waals surface area (Å²) in [6, 6.07) is 6.45. The van der Waals surface area contributed by atoms with E-state index in [0.29, 0.717) is 25.4 Å². The van der Waals surface area contributed by atoms with Crippen molar-refractivity contribution in [1.29, 1.82) is 0 Å². The summed E-state index contributed by atoms with van der Waals surface area (Å²) < 4.78 is 0. The first-order valence-corrected chi connectivity index (χ1v) is 8.68. The molecule has 0 bridgehead atoms. The molecule has 2 rings (SSSR count). The summed E-state index contributed by atoms with van der Waals surface area (Å²) in [5.41, 5.74) is 0.492. The number of nitrogens with one attached hydrogen (secondary N) is 1. The predicted octanol–water partition coefficient (Wildman–Crippen LogP) is 2.53. The van der Waals surface area contributed by atoms with Crippen LogP contribution in [0.2, 0.25) is 0 Å². The van der Waals surface area contributed by atoms with E-state index in [-0.39, 0.29) is 0 Å². The lowest BCUT2D eigenvalue weighted by molar-refractivity contribution is -0.149. The summed E-state index contributed by atoms with van der Waals surface area (Å²) in [5.74, 6) is -0.678. The second-order valence-corrected chi connectivity index (χ2v) is 6.54. The second kappa shape index (κ2) is 8.41. The Morgan fingerprint density at radius 2 is 2.04 bits per heavy atom. The van der Waals surface area contributed by atoms with Gasteiger partial charge in [0.1, 0.15) is 0 Å². The molecule has 128 valence electrons. The quantitative estimate of drug-likeness (QED) is 0.771. The standard InChI is InChI=1S/C18H29N3O2/c1-3-18(4-2,17(22)23)14-20-15-8-11-21(12-9-15)13-16-7-5-6-10-19-16/h5-7,10,15,20H,3-4,8-9,11-14H2,1-2H3,(H,22,23). The summed E-state index contributed by atoms with van der Waals surface area (Å²) in [6.45, 7) is 7.47. The predicted molar refractivity (Wildman–Crippen MR) is 91.2 cm³/mol. The Kier molecular flexibility index (Phi) is 6.54. The molecule has 0 atom stereocenters. The number of carbonyl (C=O) groups is 1. The summed E-state index contributed by atoms with van der Waals surface area (Å²) in [7, 11) is 0. The number of hydrogen-bond donors (Lipinski definition) is 2. The molecular weight excluding hydrogens is 290 g/mol. The summed E-state index contributed by atoms with van der Waals surface area (Å²) in [4.78, 5) is 18.4. The molecule has 1 aliphatic heterocycles. The van der Waals surface area contributed by atoms with Gasteiger partial charge in [0.2, 0.25) is 0 Å². The van der Waals surface area contributed by atoms with Gasteiger partial charge in [-0.25, -0.2) is 0 Å². The third kappa shape index (κ3) is 4.75. The molecule has 0 saturated carbocycles. The van der Waals surface area contributed by atoms with Crippen molar-refractivity contribution in [2.45, 2.75) is 52.1 Å². The molecule has 1 aromatic rings. The molecule has 0 aromatic carbocycles. The Labute approximate surface area is 139 Å². The molecular formula is C18H29N3O2. The van der Waals surface area contributed by atoms with Gasteiger partial charge in [0.15, 0.2) is 0 Å². The number of aliphatic carboxylic acids is 1. The van der Waals surface area contributed by atoms with Gasteiger partial charge in [-0.2, -0.15) is 0 Å². The number of carboxylic acids is 1. The summed E-state index contributed by atoms with van der Waals surface area (Å²) in [6.07, 6.45) is 5.31. The Bertz CT molecular complexity index is 480. The molecule has 1 aliphatic rings. The number of aromatic nitrogens is 1. The molecule has 1 aromatic heterocycles. The molecule has 0 radical (unpaired) electrons. The summed E-state index contributed by atoms with van der Waals surface area (Å²) >= 11 is 0. The normalized spacial score (nSPS) is 17.3. The van der Waals surface area contributed by atoms with Crippen LogP contribution >= 0.6 is 0 Å². The second-order valence-electron chi connectivity index (χ2n) is 6.54. The van der Waals surface area contributed by atoms with E-state index in [9.17, 15) is 9.90 Å². The van der Waals surface area contributed by atoms with E-state index in [4.69, 9.17) is 0 Å². The van der Waals surface area contributed by atoms with Crippen LogP contribution in [0.25, 0.3) is 0 Å². The molecule has 0 spiro atoms. The van der Waals surface area contributed by atoms with Crippen LogP contribution in [0.15, 0.2) is 24.4 Å². The van der Waals surface area contributed by atoms with Crippen LogP contribution in [0.3, 0.4) is 0 Å². The maximum Gasteiger partial charge on any atom is 0.310 e. The van der Waals surface area contributed by atoms with Crippen molar-refractivity contribution in [2.75, 3.05) is 19.6 Å². The van der Waals surface area contributed by atoms with E-state index in [0.717, 1.165) is 38.2 Å². The van der Waals surface area contributed by atoms with E-state index >= 15 is 0 Å². The van der Waals surface area contributed by atoms with Gasteiger partial charge in [-0.1, -0.05) is 19.9 Å². The van der Waals surface area contributed by atoms with Crippen LogP contribution in [0.5, 0.6) is 0 Å². The molecule has 5 nitrogen and oxygen atoms in total. The van der Waals surface area contributed by atoms with Gasteiger partial charge in [-0.15, -0.1) is 0 Å². The fourth-order valence-electron chi connectivity index (χ4n) is 3.23. The molecule has 0 aliphatic carbocycles. The third-order valence-corrected chi connectivity index (χ3v) is 5.24. The fourth-order valence-corrected chi connectivity index (χ4v) is 3.23. The number of pyridine rings is 1. The first-order valence-electron chi connectivity index (χ1n) is 8.68. The van der Waals surface area contributed by atoms with Crippen molar-refractivity contribution in [1.82, 2.24) is 15.2 Å². The van der Waals surface area contributed by atoms with Crippen molar-refractivity contribution >= 4 is 5.97 Å². The highest BCUT2D eigenvalue weighted by atomic mass is 16.4. The van der Waals surface area contributed by atoms with Crippen molar-refractivity contribution < 1.29 is 9.90 Å². The van der Waals surface area contributed by atoms with Crippen molar-refractivity contribution in [3.05, 3.63) is 30.1 Å². The number of nitrogens with zero attached hydrogens (tertiary/aromatic N) is 2. The lowest BCUT2D eigenvalue weighted by Crippen LogP contribution is -2.48. The van der Waals surface area contributed by atoms with Crippen LogP contribution < -0.4 is 5.32 Å². The molecule has 5 heteroatoms. The van der Waals surface area contributed by atoms with E-state index in [2.05, 4.69) is 21.3 Å². The molecule has 2 heterocycles. The van der Waals surface area contributed by atoms with Crippen LogP contribution in [-0.2, 0) is 11.3 Å². The molecule has 0 amide bonds. The highest BCUT2D eigenvalue weighted by Gasteiger charge is 2.35. The Balaban J connectivity index is 1.77. The maximum absolute atomic E-state index is 11.6. The van der Waals surface area contributed by atoms with Crippen molar-refractivity contribution in [2.24, 2.45) is 5.41 Å². The van der Waals surface area contributed by atoms with Crippen molar-refractivity contribution in [3.8, 4) is 0 Å². The topological polar surface area (TPSA) is 65.5 Å². The molecule has 1 saturated heterocycles. The highest BCUT2D eigenvalue weighted by molar-refractivity contribution is 5.74. The molecule has 1 fully saturated rings. The third-order valence-electron chi connectivity index (χ3n) is 5.24. The lowest BCUT2D eigenvalue weighted by atomic mass is 9.82. The minimum atomic E-state index is -0.678. The van der Waals surface area contributed by atoms with E-state index in [1.807, 2.05) is 32.2 Å². The Morgan fingerprint density at radius 3 is 2.57 bits per heavy atom. The first kappa shape index (κ1) is 17.9. The number of piperidine rings is 1. The Hall–Kier alpha value is -1.46. The lowest BCUT2D eigenvalue weighted by Gasteiger charge is -2.35. The van der Waals surface area contributed by atoms with Gasteiger partial charge in [0.25, 0.3) is 0 Å². The minimum absolute atomic E-state index is 0.423. The van der Waals surface area contributed by atoms with Gasteiger partial charge in [-0.05, 0) is 37.8 Å². The maximum atomic E-state index is 11.6. The van der Waals surface area contributed by atoms with E-state index in [1.165, 1.54) is 0 Å². The summed E-state index contributed by atoms with van der Waals surface area (Å²) in [5, 5.41) is 13.0. The van der Waals surface area contributed by atoms with Gasteiger partial charge < -0.3 is 10.4 Å². The fraction of sp³-hybridized carbons (Fsp3) is 0.667. The van der Waals surface area contributed by atoms with Crippen LogP contribution in [-0.4, -0.2) is 46.6 Å². The average Bonchev–Trinajstić information content (AvgIpc) is 2.58. The minimum Gasteiger partial charge on any atom is -0.481 e. The average molecular weight is 319 g/mol. The number of rotatable bonds is 8. The number of hydrogen-bond acceptors (Lipinski definition) is 4. The zero-order valence-corrected chi connectivity index (χ0v) is 14.3. The van der Waals surface area contributed by atoms with Crippen molar-refractivity contribution in [3.63, 3.8) is 0 Å². The monoisotopic (exact) mass is 319 g/mol. The van der Waals surface area contributed by atoms with Crippen LogP contribution in [0, 0.1) is 5.41 Å². The van der Waals surface area contributed by atoms with Crippen LogP contribution in [0.4, 0.5) is 0 Å².